The maximum absolute atomic E-state index is 13.2. The van der Waals surface area contributed by atoms with E-state index in [0.717, 1.165) is 16.3 Å². The molecule has 2 N–H and O–H groups in total. The van der Waals surface area contributed by atoms with Gasteiger partial charge in [-0.2, -0.15) is 0 Å². The fourth-order valence-corrected chi connectivity index (χ4v) is 6.68. The van der Waals surface area contributed by atoms with E-state index in [1.807, 2.05) is 44.2 Å². The van der Waals surface area contributed by atoms with E-state index in [4.69, 9.17) is 19.2 Å². The van der Waals surface area contributed by atoms with Gasteiger partial charge in [0.2, 0.25) is 16.3 Å². The number of pyridine rings is 1. The summed E-state index contributed by atoms with van der Waals surface area (Å²) in [7, 11) is -3.75. The number of esters is 2. The van der Waals surface area contributed by atoms with Gasteiger partial charge in [-0.15, -0.1) is 0 Å². The van der Waals surface area contributed by atoms with Crippen LogP contribution in [-0.4, -0.2) is 48.9 Å². The smallest absolute Gasteiger partial charge is 0.410 e. The molecule has 0 aliphatic rings. The summed E-state index contributed by atoms with van der Waals surface area (Å²) < 4.78 is 46.4. The Balaban J connectivity index is 1.43. The molecule has 50 heavy (non-hydrogen) atoms. The molecule has 0 aliphatic carbocycles. The largest absolute Gasteiger partial charge is 0.461 e. The number of alkyl carbamates (subject to hydrolysis) is 1. The lowest BCUT2D eigenvalue weighted by molar-refractivity contribution is -0.165. The molecule has 1 amide bonds. The first-order valence-corrected chi connectivity index (χ1v) is 17.9. The van der Waals surface area contributed by atoms with Crippen LogP contribution in [0.1, 0.15) is 61.4 Å². The number of fused-ring (bicyclic) bond motifs is 2. The minimum absolute atomic E-state index is 0.0109. The van der Waals surface area contributed by atoms with Gasteiger partial charge in [-0.3, -0.25) is 9.52 Å². The highest BCUT2D eigenvalue weighted by Gasteiger charge is 2.21. The first kappa shape index (κ1) is 35.9. The monoisotopic (exact) mass is 700 g/mol. The zero-order valence-electron chi connectivity index (χ0n) is 28.3. The molecular weight excluding hydrogens is 660 g/mol. The Labute approximate surface area is 290 Å². The van der Waals surface area contributed by atoms with Crippen LogP contribution in [0.2, 0.25) is 0 Å². The van der Waals surface area contributed by atoms with Gasteiger partial charge in [-0.05, 0) is 65.1 Å². The number of hydrogen-bond acceptors (Lipinski definition) is 9. The second kappa shape index (κ2) is 15.9. The highest BCUT2D eigenvalue weighted by molar-refractivity contribution is 7.91. The van der Waals surface area contributed by atoms with Gasteiger partial charge >= 0.3 is 18.0 Å². The Morgan fingerprint density at radius 2 is 1.62 bits per heavy atom. The number of ether oxygens (including phenoxy) is 3. The van der Waals surface area contributed by atoms with Crippen molar-refractivity contribution in [1.82, 2.24) is 14.9 Å². The zero-order chi connectivity index (χ0) is 35.8. The van der Waals surface area contributed by atoms with Gasteiger partial charge in [0, 0.05) is 24.4 Å². The summed E-state index contributed by atoms with van der Waals surface area (Å²) in [4.78, 5) is 42.3. The maximum atomic E-state index is 13.2. The molecule has 2 heterocycles. The van der Waals surface area contributed by atoms with E-state index in [0.29, 0.717) is 28.0 Å². The van der Waals surface area contributed by atoms with Crippen LogP contribution in [0.4, 0.5) is 10.5 Å². The molecule has 13 heteroatoms. The lowest BCUT2D eigenvalue weighted by atomic mass is 10.0. The Morgan fingerprint density at radius 3 is 2.36 bits per heavy atom. The molecule has 0 spiro atoms. The van der Waals surface area contributed by atoms with Crippen LogP contribution in [-0.2, 0) is 47.9 Å². The van der Waals surface area contributed by atoms with E-state index in [-0.39, 0.29) is 43.5 Å². The van der Waals surface area contributed by atoms with Crippen molar-refractivity contribution in [3.8, 4) is 0 Å². The molecule has 0 unspecified atom stereocenters. The van der Waals surface area contributed by atoms with Gasteiger partial charge < -0.3 is 24.1 Å². The van der Waals surface area contributed by atoms with E-state index >= 15 is 0 Å². The molecule has 0 aliphatic heterocycles. The summed E-state index contributed by atoms with van der Waals surface area (Å²) in [5, 5.41) is 4.94. The number of amides is 1. The summed E-state index contributed by atoms with van der Waals surface area (Å²) in [6, 6.07) is 25.2. The summed E-state index contributed by atoms with van der Waals surface area (Å²) >= 11 is 0. The summed E-state index contributed by atoms with van der Waals surface area (Å²) in [5.41, 5.74) is 2.96. The van der Waals surface area contributed by atoms with Crippen LogP contribution in [0.15, 0.2) is 84.9 Å². The van der Waals surface area contributed by atoms with Crippen molar-refractivity contribution in [2.75, 3.05) is 11.3 Å². The van der Waals surface area contributed by atoms with Gasteiger partial charge in [-0.25, -0.2) is 23.0 Å². The summed E-state index contributed by atoms with van der Waals surface area (Å²) in [6.07, 6.45) is -1.66. The van der Waals surface area contributed by atoms with E-state index in [9.17, 15) is 22.8 Å². The number of carbonyl (C=O) groups excluding carboxylic acids is 3. The van der Waals surface area contributed by atoms with Crippen molar-refractivity contribution in [2.24, 2.45) is 5.92 Å². The van der Waals surface area contributed by atoms with Gasteiger partial charge in [0.15, 0.2) is 0 Å². The molecular formula is C37H40N4O8S. The molecule has 3 aromatic carbocycles. The lowest BCUT2D eigenvalue weighted by Crippen LogP contribution is -2.30. The van der Waals surface area contributed by atoms with Crippen molar-refractivity contribution in [3.63, 3.8) is 0 Å². The third-order valence-corrected chi connectivity index (χ3v) is 8.85. The van der Waals surface area contributed by atoms with Crippen molar-refractivity contribution in [2.45, 2.75) is 59.2 Å². The van der Waals surface area contributed by atoms with Crippen LogP contribution in [0.3, 0.4) is 0 Å². The minimum Gasteiger partial charge on any atom is -0.461 e. The Kier molecular flexibility index (Phi) is 11.4. The second-order valence-corrected chi connectivity index (χ2v) is 13.9. The number of nitrogens with zero attached hydrogens (tertiary/aromatic N) is 2. The van der Waals surface area contributed by atoms with Crippen LogP contribution in [0, 0.1) is 5.92 Å². The summed E-state index contributed by atoms with van der Waals surface area (Å²) in [5.74, 6) is -1.10. The molecule has 5 aromatic rings. The van der Waals surface area contributed by atoms with Crippen molar-refractivity contribution in [3.05, 3.63) is 107 Å². The van der Waals surface area contributed by atoms with Crippen LogP contribution < -0.4 is 10.0 Å². The molecule has 262 valence electrons. The summed E-state index contributed by atoms with van der Waals surface area (Å²) in [6.45, 7) is 7.24. The van der Waals surface area contributed by atoms with Gasteiger partial charge in [0.25, 0.3) is 0 Å². The molecule has 2 aromatic heterocycles. The van der Waals surface area contributed by atoms with Gasteiger partial charge in [-0.1, -0.05) is 68.4 Å². The highest BCUT2D eigenvalue weighted by atomic mass is 32.2. The van der Waals surface area contributed by atoms with Crippen LogP contribution >= 0.6 is 0 Å². The number of carbonyl (C=O) groups is 3. The Hall–Kier alpha value is -5.43. The number of sulfonamides is 1. The fraction of sp³-hybridized carbons (Fsp3) is 0.297. The third-order valence-electron chi connectivity index (χ3n) is 7.59. The van der Waals surface area contributed by atoms with Crippen LogP contribution in [0.25, 0.3) is 21.8 Å². The van der Waals surface area contributed by atoms with Crippen LogP contribution in [0.5, 0.6) is 0 Å². The van der Waals surface area contributed by atoms with E-state index in [1.165, 1.54) is 6.92 Å². The second-order valence-electron chi connectivity index (χ2n) is 12.2. The average Bonchev–Trinajstić information content (AvgIpc) is 3.41. The zero-order valence-corrected chi connectivity index (χ0v) is 29.2. The number of benzene rings is 3. The number of nitrogens with one attached hydrogen (secondary N) is 2. The standard InChI is InChI=1S/C37H40N4O8S/c1-5-47-36(43)33-20-28-15-16-30(21-38-37(44)49-25(4)48-34(42)17-24(2)3)39-35(28)41(33)22-29-19-31(18-27-13-9-10-14-32(27)29)40-50(45,46)23-26-11-7-6-8-12-26/h6-16,18-20,24-25,40H,5,17,21-23H2,1-4H3,(H,38,44)/t25-/m0/s1. The van der Waals surface area contributed by atoms with Crippen molar-refractivity contribution >= 4 is 55.5 Å². The molecule has 0 saturated heterocycles. The topological polar surface area (TPSA) is 155 Å². The van der Waals surface area contributed by atoms with Crippen molar-refractivity contribution in [1.29, 1.82) is 0 Å². The highest BCUT2D eigenvalue weighted by Crippen LogP contribution is 2.29. The molecule has 1 atom stereocenters. The Morgan fingerprint density at radius 1 is 0.880 bits per heavy atom. The van der Waals surface area contributed by atoms with Gasteiger partial charge in [0.1, 0.15) is 11.3 Å². The molecule has 0 radical (unpaired) electrons. The average molecular weight is 701 g/mol. The normalized spacial score (nSPS) is 12.1. The Bertz CT molecular complexity index is 2110. The molecule has 0 bridgehead atoms. The first-order chi connectivity index (χ1) is 23.9. The fourth-order valence-electron chi connectivity index (χ4n) is 5.50. The molecule has 5 rings (SSSR count). The SMILES string of the molecule is CCOC(=O)c1cc2ccc(CNC(=O)O[C@@H](C)OC(=O)CC(C)C)nc2n1Cc1cc(NS(=O)(=O)Cc2ccccc2)cc2ccccc12. The number of hydrogen-bond donors (Lipinski definition) is 2. The third kappa shape index (κ3) is 9.38. The predicted octanol–water partition coefficient (Wildman–Crippen LogP) is 6.52. The lowest BCUT2D eigenvalue weighted by Gasteiger charge is -2.16. The molecule has 12 nitrogen and oxygen atoms in total. The maximum Gasteiger partial charge on any atom is 0.410 e. The predicted molar refractivity (Wildman–Crippen MR) is 190 cm³/mol. The van der Waals surface area contributed by atoms with E-state index in [2.05, 4.69) is 10.0 Å². The number of anilines is 1. The number of rotatable bonds is 14. The number of aromatic nitrogens is 2. The van der Waals surface area contributed by atoms with Crippen molar-refractivity contribution < 1.29 is 37.0 Å². The molecule has 0 saturated carbocycles. The van der Waals surface area contributed by atoms with E-state index in [1.54, 1.807) is 66.1 Å². The first-order valence-electron chi connectivity index (χ1n) is 16.3. The quantitative estimate of drug-likeness (QED) is 0.0973. The minimum atomic E-state index is -3.75. The van der Waals surface area contributed by atoms with Gasteiger partial charge in [0.05, 0.1) is 31.1 Å². The van der Waals surface area contributed by atoms with E-state index < -0.39 is 34.3 Å². The molecule has 0 fully saturated rings.